The number of hydrogen-bond donors (Lipinski definition) is 1. The molecule has 1 amide bonds. The average molecular weight is 433 g/mol. The molecule has 2 heterocycles. The Morgan fingerprint density at radius 1 is 1.20 bits per heavy atom. The van der Waals surface area contributed by atoms with Crippen LogP contribution in [0, 0.1) is 20.8 Å². The SMILES string of the molecule is CCC(=O)Nc1ccc(S(=O)(=O)N2CCCC(Oc3nc(C)cc(C)n3)C2)c(C)c1. The predicted molar refractivity (Wildman–Crippen MR) is 114 cm³/mol. The van der Waals surface area contributed by atoms with Crippen LogP contribution in [0.25, 0.3) is 0 Å². The minimum absolute atomic E-state index is 0.116. The number of rotatable bonds is 6. The lowest BCUT2D eigenvalue weighted by Gasteiger charge is -2.32. The summed E-state index contributed by atoms with van der Waals surface area (Å²) < 4.78 is 33.9. The van der Waals surface area contributed by atoms with Gasteiger partial charge in [-0.25, -0.2) is 18.4 Å². The van der Waals surface area contributed by atoms with Gasteiger partial charge >= 0.3 is 6.01 Å². The van der Waals surface area contributed by atoms with Gasteiger partial charge in [0.25, 0.3) is 0 Å². The van der Waals surface area contributed by atoms with Gasteiger partial charge in [0.05, 0.1) is 11.4 Å². The summed E-state index contributed by atoms with van der Waals surface area (Å²) in [4.78, 5) is 20.4. The molecule has 1 aromatic carbocycles. The maximum absolute atomic E-state index is 13.3. The Morgan fingerprint density at radius 2 is 1.90 bits per heavy atom. The summed E-state index contributed by atoms with van der Waals surface area (Å²) in [5.74, 6) is -0.116. The molecular formula is C21H28N4O4S. The van der Waals surface area contributed by atoms with Crippen molar-refractivity contribution in [2.24, 2.45) is 0 Å². The highest BCUT2D eigenvalue weighted by atomic mass is 32.2. The fourth-order valence-electron chi connectivity index (χ4n) is 3.52. The molecule has 1 saturated heterocycles. The molecule has 2 aromatic rings. The van der Waals surface area contributed by atoms with Crippen molar-refractivity contribution in [2.75, 3.05) is 18.4 Å². The molecule has 1 aliphatic heterocycles. The number of carbonyl (C=O) groups excluding carboxylic acids is 1. The molecule has 3 rings (SSSR count). The monoisotopic (exact) mass is 432 g/mol. The second kappa shape index (κ2) is 9.09. The number of carbonyl (C=O) groups is 1. The average Bonchev–Trinajstić information content (AvgIpc) is 2.67. The summed E-state index contributed by atoms with van der Waals surface area (Å²) >= 11 is 0. The van der Waals surface area contributed by atoms with Crippen LogP contribution < -0.4 is 10.1 Å². The van der Waals surface area contributed by atoms with Gasteiger partial charge in [-0.3, -0.25) is 4.79 Å². The van der Waals surface area contributed by atoms with E-state index in [1.165, 1.54) is 4.31 Å². The molecule has 1 fully saturated rings. The van der Waals surface area contributed by atoms with Crippen LogP contribution in [0.3, 0.4) is 0 Å². The highest BCUT2D eigenvalue weighted by molar-refractivity contribution is 7.89. The number of nitrogens with zero attached hydrogens (tertiary/aromatic N) is 3. The van der Waals surface area contributed by atoms with Crippen molar-refractivity contribution < 1.29 is 17.9 Å². The number of amides is 1. The van der Waals surface area contributed by atoms with Crippen molar-refractivity contribution in [3.63, 3.8) is 0 Å². The number of aryl methyl sites for hydroxylation is 3. The van der Waals surface area contributed by atoms with Gasteiger partial charge in [0.15, 0.2) is 0 Å². The first-order chi connectivity index (χ1) is 14.2. The molecule has 0 bridgehead atoms. The molecule has 0 spiro atoms. The topological polar surface area (TPSA) is 101 Å². The first-order valence-corrected chi connectivity index (χ1v) is 11.5. The Hall–Kier alpha value is -2.52. The van der Waals surface area contributed by atoms with Gasteiger partial charge in [-0.15, -0.1) is 0 Å². The van der Waals surface area contributed by atoms with Crippen molar-refractivity contribution in [2.45, 2.75) is 58.0 Å². The van der Waals surface area contributed by atoms with Gasteiger partial charge in [0.1, 0.15) is 6.10 Å². The first-order valence-electron chi connectivity index (χ1n) is 10.1. The second-order valence-corrected chi connectivity index (χ2v) is 9.47. The summed E-state index contributed by atoms with van der Waals surface area (Å²) in [5, 5.41) is 2.75. The van der Waals surface area contributed by atoms with Gasteiger partial charge in [0.2, 0.25) is 15.9 Å². The maximum Gasteiger partial charge on any atom is 0.317 e. The number of aromatic nitrogens is 2. The van der Waals surface area contributed by atoms with Crippen LogP contribution in [0.15, 0.2) is 29.2 Å². The molecule has 8 nitrogen and oxygen atoms in total. The summed E-state index contributed by atoms with van der Waals surface area (Å²) in [5.41, 5.74) is 2.79. The molecule has 1 unspecified atom stereocenters. The Kier molecular flexibility index (Phi) is 6.72. The maximum atomic E-state index is 13.3. The number of nitrogens with one attached hydrogen (secondary N) is 1. The summed E-state index contributed by atoms with van der Waals surface area (Å²) in [6.07, 6.45) is 1.48. The van der Waals surface area contributed by atoms with Crippen molar-refractivity contribution in [3.8, 4) is 6.01 Å². The zero-order chi connectivity index (χ0) is 21.9. The molecule has 0 saturated carbocycles. The van der Waals surface area contributed by atoms with Gasteiger partial charge < -0.3 is 10.1 Å². The van der Waals surface area contributed by atoms with Crippen LogP contribution in [0.1, 0.15) is 43.1 Å². The van der Waals surface area contributed by atoms with E-state index in [0.29, 0.717) is 30.6 Å². The Balaban J connectivity index is 1.76. The lowest BCUT2D eigenvalue weighted by Crippen LogP contribution is -2.44. The van der Waals surface area contributed by atoms with Crippen molar-refractivity contribution in [1.29, 1.82) is 0 Å². The first kappa shape index (κ1) is 22.2. The van der Waals surface area contributed by atoms with E-state index in [1.807, 2.05) is 19.9 Å². The summed E-state index contributed by atoms with van der Waals surface area (Å²) in [7, 11) is -3.69. The lowest BCUT2D eigenvalue weighted by atomic mass is 10.1. The minimum atomic E-state index is -3.69. The van der Waals surface area contributed by atoms with Crippen LogP contribution in [-0.4, -0.2) is 47.8 Å². The Bertz CT molecular complexity index is 1020. The van der Waals surface area contributed by atoms with E-state index in [9.17, 15) is 13.2 Å². The minimum Gasteiger partial charge on any atom is -0.459 e. The highest BCUT2D eigenvalue weighted by Crippen LogP contribution is 2.26. The number of ether oxygens (including phenoxy) is 1. The molecule has 9 heteroatoms. The number of hydrogen-bond acceptors (Lipinski definition) is 6. The fraction of sp³-hybridized carbons (Fsp3) is 0.476. The second-order valence-electron chi connectivity index (χ2n) is 7.56. The zero-order valence-corrected chi connectivity index (χ0v) is 18.6. The zero-order valence-electron chi connectivity index (χ0n) is 17.8. The van der Waals surface area contributed by atoms with Crippen LogP contribution in [-0.2, 0) is 14.8 Å². The third kappa shape index (κ3) is 5.14. The molecule has 1 aliphatic rings. The molecule has 0 radical (unpaired) electrons. The van der Waals surface area contributed by atoms with E-state index < -0.39 is 10.0 Å². The lowest BCUT2D eigenvalue weighted by molar-refractivity contribution is -0.115. The molecule has 1 atom stereocenters. The quantitative estimate of drug-likeness (QED) is 0.753. The van der Waals surface area contributed by atoms with E-state index >= 15 is 0 Å². The molecule has 0 aliphatic carbocycles. The highest BCUT2D eigenvalue weighted by Gasteiger charge is 2.32. The predicted octanol–water partition coefficient (Wildman–Crippen LogP) is 2.98. The third-order valence-electron chi connectivity index (χ3n) is 4.97. The van der Waals surface area contributed by atoms with Crippen LogP contribution in [0.2, 0.25) is 0 Å². The molecular weight excluding hydrogens is 404 g/mol. The molecule has 1 aromatic heterocycles. The summed E-state index contributed by atoms with van der Waals surface area (Å²) in [6, 6.07) is 6.99. The van der Waals surface area contributed by atoms with Crippen molar-refractivity contribution in [3.05, 3.63) is 41.2 Å². The number of sulfonamides is 1. The van der Waals surface area contributed by atoms with E-state index in [2.05, 4.69) is 15.3 Å². The van der Waals surface area contributed by atoms with Gasteiger partial charge in [-0.2, -0.15) is 4.31 Å². The van der Waals surface area contributed by atoms with Crippen LogP contribution in [0.5, 0.6) is 6.01 Å². The standard InChI is InChI=1S/C21H28N4O4S/c1-5-20(26)24-17-8-9-19(14(2)11-17)30(27,28)25-10-6-7-18(13-25)29-21-22-15(3)12-16(4)23-21/h8-9,11-12,18H,5-7,10,13H2,1-4H3,(H,24,26). The van der Waals surface area contributed by atoms with E-state index in [1.54, 1.807) is 32.0 Å². The number of anilines is 1. The summed E-state index contributed by atoms with van der Waals surface area (Å²) in [6.45, 7) is 7.91. The van der Waals surface area contributed by atoms with Gasteiger partial charge in [0, 0.05) is 30.0 Å². The van der Waals surface area contributed by atoms with Crippen molar-refractivity contribution >= 4 is 21.6 Å². The van der Waals surface area contributed by atoms with Gasteiger partial charge in [-0.1, -0.05) is 6.92 Å². The fourth-order valence-corrected chi connectivity index (χ4v) is 5.24. The van der Waals surface area contributed by atoms with E-state index in [4.69, 9.17) is 4.74 Å². The van der Waals surface area contributed by atoms with Crippen molar-refractivity contribution in [1.82, 2.24) is 14.3 Å². The van der Waals surface area contributed by atoms with E-state index in [-0.39, 0.29) is 29.5 Å². The number of benzene rings is 1. The molecule has 1 N–H and O–H groups in total. The smallest absolute Gasteiger partial charge is 0.317 e. The largest absolute Gasteiger partial charge is 0.459 e. The third-order valence-corrected chi connectivity index (χ3v) is 7.00. The molecule has 30 heavy (non-hydrogen) atoms. The Morgan fingerprint density at radius 3 is 2.53 bits per heavy atom. The van der Waals surface area contributed by atoms with E-state index in [0.717, 1.165) is 17.8 Å². The van der Waals surface area contributed by atoms with Crippen LogP contribution >= 0.6 is 0 Å². The number of piperidine rings is 1. The molecule has 162 valence electrons. The van der Waals surface area contributed by atoms with Gasteiger partial charge in [-0.05, 0) is 63.4 Å². The van der Waals surface area contributed by atoms with Crippen LogP contribution in [0.4, 0.5) is 5.69 Å². The normalized spacial score (nSPS) is 17.5. The Labute approximate surface area is 177 Å².